The van der Waals surface area contributed by atoms with Crippen LogP contribution in [-0.4, -0.2) is 35.2 Å². The van der Waals surface area contributed by atoms with Crippen LogP contribution in [0.4, 0.5) is 0 Å². The topological polar surface area (TPSA) is 66.8 Å². The summed E-state index contributed by atoms with van der Waals surface area (Å²) in [5.74, 6) is -1.76. The lowest BCUT2D eigenvalue weighted by molar-refractivity contribution is -0.169. The molecule has 0 radical (unpaired) electrons. The van der Waals surface area contributed by atoms with Crippen LogP contribution in [0.15, 0.2) is 30.3 Å². The van der Waals surface area contributed by atoms with E-state index in [4.69, 9.17) is 9.94 Å². The van der Waals surface area contributed by atoms with Crippen LogP contribution in [-0.2, 0) is 9.63 Å². The maximum Gasteiger partial charge on any atom is 0.357 e. The average Bonchev–Trinajstić information content (AvgIpc) is 2.28. The molecule has 0 fully saturated rings. The Hall–Kier alpha value is -1.88. The second-order valence-corrected chi connectivity index (χ2v) is 4.32. The van der Waals surface area contributed by atoms with E-state index < -0.39 is 18.0 Å². The monoisotopic (exact) mass is 251 g/mol. The second-order valence-electron chi connectivity index (χ2n) is 4.32. The molecule has 98 valence electrons. The van der Waals surface area contributed by atoms with Crippen molar-refractivity contribution in [1.82, 2.24) is 5.06 Å². The first-order valence-electron chi connectivity index (χ1n) is 5.66. The van der Waals surface area contributed by atoms with Gasteiger partial charge in [-0.1, -0.05) is 32.0 Å². The Kier molecular flexibility index (Phi) is 4.85. The standard InChI is InChI=1S/C13H17NO4/c1-9(2)11(12(15)16)14(3)18-13(17)10-7-5-4-6-8-10/h4-9,11H,1-3H3,(H,15,16). The molecule has 0 aliphatic heterocycles. The molecule has 18 heavy (non-hydrogen) atoms. The maximum atomic E-state index is 11.7. The highest BCUT2D eigenvalue weighted by Crippen LogP contribution is 2.12. The molecule has 0 spiro atoms. The summed E-state index contributed by atoms with van der Waals surface area (Å²) in [6.45, 7) is 3.51. The number of aliphatic carboxylic acids is 1. The highest BCUT2D eigenvalue weighted by Gasteiger charge is 2.29. The minimum absolute atomic E-state index is 0.170. The van der Waals surface area contributed by atoms with Gasteiger partial charge in [0, 0.05) is 7.05 Å². The van der Waals surface area contributed by atoms with Gasteiger partial charge in [0.25, 0.3) is 0 Å². The van der Waals surface area contributed by atoms with Gasteiger partial charge in [-0.15, -0.1) is 5.06 Å². The first-order chi connectivity index (χ1) is 8.43. The maximum absolute atomic E-state index is 11.7. The average molecular weight is 251 g/mol. The number of carbonyl (C=O) groups excluding carboxylic acids is 1. The van der Waals surface area contributed by atoms with Crippen molar-refractivity contribution in [2.75, 3.05) is 7.05 Å². The smallest absolute Gasteiger partial charge is 0.357 e. The molecule has 1 atom stereocenters. The zero-order valence-electron chi connectivity index (χ0n) is 10.7. The van der Waals surface area contributed by atoms with Crippen LogP contribution >= 0.6 is 0 Å². The summed E-state index contributed by atoms with van der Waals surface area (Å²) in [6.07, 6.45) is 0. The predicted molar refractivity (Wildman–Crippen MR) is 65.9 cm³/mol. The van der Waals surface area contributed by atoms with E-state index in [1.807, 2.05) is 0 Å². The number of likely N-dealkylation sites (N-methyl/N-ethyl adjacent to an activating group) is 1. The summed E-state index contributed by atoms with van der Waals surface area (Å²) >= 11 is 0. The SMILES string of the molecule is CC(C)C(C(=O)O)N(C)OC(=O)c1ccccc1. The Labute approximate surface area is 106 Å². The summed E-state index contributed by atoms with van der Waals surface area (Å²) < 4.78 is 0. The van der Waals surface area contributed by atoms with E-state index in [-0.39, 0.29) is 5.92 Å². The summed E-state index contributed by atoms with van der Waals surface area (Å²) in [6, 6.07) is 7.58. The highest BCUT2D eigenvalue weighted by molar-refractivity contribution is 5.89. The van der Waals surface area contributed by atoms with Crippen molar-refractivity contribution in [3.05, 3.63) is 35.9 Å². The van der Waals surface area contributed by atoms with E-state index in [0.717, 1.165) is 5.06 Å². The van der Waals surface area contributed by atoms with Gasteiger partial charge in [0.1, 0.15) is 6.04 Å². The molecule has 1 aromatic rings. The number of carbonyl (C=O) groups is 2. The second kappa shape index (κ2) is 6.16. The molecule has 0 aromatic heterocycles. The summed E-state index contributed by atoms with van der Waals surface area (Å²) in [7, 11) is 1.44. The normalized spacial score (nSPS) is 12.5. The number of nitrogens with zero attached hydrogens (tertiary/aromatic N) is 1. The number of carboxylic acids is 1. The largest absolute Gasteiger partial charge is 0.480 e. The molecule has 5 nitrogen and oxygen atoms in total. The zero-order chi connectivity index (χ0) is 13.7. The van der Waals surface area contributed by atoms with E-state index in [1.54, 1.807) is 44.2 Å². The van der Waals surface area contributed by atoms with Crippen molar-refractivity contribution in [3.63, 3.8) is 0 Å². The Balaban J connectivity index is 2.72. The first kappa shape index (κ1) is 14.2. The fourth-order valence-corrected chi connectivity index (χ4v) is 1.68. The van der Waals surface area contributed by atoms with Crippen LogP contribution < -0.4 is 0 Å². The zero-order valence-corrected chi connectivity index (χ0v) is 10.7. The molecule has 0 aliphatic carbocycles. The first-order valence-corrected chi connectivity index (χ1v) is 5.66. The number of carboxylic acid groups (broad SMARTS) is 1. The Morgan fingerprint density at radius 2 is 1.78 bits per heavy atom. The van der Waals surface area contributed by atoms with E-state index in [2.05, 4.69) is 0 Å². The van der Waals surface area contributed by atoms with Crippen molar-refractivity contribution in [2.45, 2.75) is 19.9 Å². The van der Waals surface area contributed by atoms with Gasteiger partial charge in [0.05, 0.1) is 5.56 Å². The lowest BCUT2D eigenvalue weighted by atomic mass is 10.1. The van der Waals surface area contributed by atoms with E-state index in [1.165, 1.54) is 7.05 Å². The fourth-order valence-electron chi connectivity index (χ4n) is 1.68. The molecule has 1 aromatic carbocycles. The van der Waals surface area contributed by atoms with Gasteiger partial charge in [0.15, 0.2) is 0 Å². The number of rotatable bonds is 5. The van der Waals surface area contributed by atoms with Crippen molar-refractivity contribution < 1.29 is 19.5 Å². The predicted octanol–water partition coefficient (Wildman–Crippen LogP) is 1.80. The van der Waals surface area contributed by atoms with Crippen molar-refractivity contribution >= 4 is 11.9 Å². The van der Waals surface area contributed by atoms with Gasteiger partial charge < -0.3 is 9.94 Å². The molecule has 1 unspecified atom stereocenters. The van der Waals surface area contributed by atoms with Gasteiger partial charge in [-0.3, -0.25) is 4.79 Å². The van der Waals surface area contributed by atoms with Crippen LogP contribution in [0.1, 0.15) is 24.2 Å². The quantitative estimate of drug-likeness (QED) is 0.808. The van der Waals surface area contributed by atoms with E-state index in [0.29, 0.717) is 5.56 Å². The molecule has 0 bridgehead atoms. The third kappa shape index (κ3) is 3.56. The summed E-state index contributed by atoms with van der Waals surface area (Å²) in [5.41, 5.74) is 0.386. The van der Waals surface area contributed by atoms with Gasteiger partial charge in [-0.2, -0.15) is 0 Å². The van der Waals surface area contributed by atoms with Crippen molar-refractivity contribution in [3.8, 4) is 0 Å². The number of hydroxylamine groups is 2. The van der Waals surface area contributed by atoms with Crippen LogP contribution in [0.25, 0.3) is 0 Å². The molecular formula is C13H17NO4. The fraction of sp³-hybridized carbons (Fsp3) is 0.385. The Morgan fingerprint density at radius 3 is 2.22 bits per heavy atom. The number of benzene rings is 1. The molecule has 1 N–H and O–H groups in total. The molecule has 1 rings (SSSR count). The molecule has 0 aliphatic rings. The molecular weight excluding hydrogens is 234 g/mol. The summed E-state index contributed by atoms with van der Waals surface area (Å²) in [4.78, 5) is 27.9. The van der Waals surface area contributed by atoms with Gasteiger partial charge >= 0.3 is 11.9 Å². The minimum atomic E-state index is -1.02. The molecule has 0 amide bonds. The number of hydrogen-bond acceptors (Lipinski definition) is 4. The van der Waals surface area contributed by atoms with Crippen molar-refractivity contribution in [2.24, 2.45) is 5.92 Å². The van der Waals surface area contributed by atoms with E-state index in [9.17, 15) is 9.59 Å². The van der Waals surface area contributed by atoms with Gasteiger partial charge in [-0.25, -0.2) is 4.79 Å². The number of hydrogen-bond donors (Lipinski definition) is 1. The molecule has 0 saturated heterocycles. The third-order valence-electron chi connectivity index (χ3n) is 2.51. The minimum Gasteiger partial charge on any atom is -0.480 e. The Morgan fingerprint density at radius 1 is 1.22 bits per heavy atom. The van der Waals surface area contributed by atoms with Crippen LogP contribution in [0.2, 0.25) is 0 Å². The van der Waals surface area contributed by atoms with Crippen LogP contribution in [0.5, 0.6) is 0 Å². The Bertz CT molecular complexity index is 416. The molecule has 5 heteroatoms. The molecule has 0 heterocycles. The van der Waals surface area contributed by atoms with Crippen LogP contribution in [0.3, 0.4) is 0 Å². The molecule has 0 saturated carbocycles. The van der Waals surface area contributed by atoms with Crippen LogP contribution in [0, 0.1) is 5.92 Å². The third-order valence-corrected chi connectivity index (χ3v) is 2.51. The van der Waals surface area contributed by atoms with Crippen molar-refractivity contribution in [1.29, 1.82) is 0 Å². The lowest BCUT2D eigenvalue weighted by Gasteiger charge is -2.25. The summed E-state index contributed by atoms with van der Waals surface area (Å²) in [5, 5.41) is 10.2. The van der Waals surface area contributed by atoms with Gasteiger partial charge in [0.2, 0.25) is 0 Å². The van der Waals surface area contributed by atoms with E-state index >= 15 is 0 Å². The lowest BCUT2D eigenvalue weighted by Crippen LogP contribution is -2.43. The highest BCUT2D eigenvalue weighted by atomic mass is 16.7. The van der Waals surface area contributed by atoms with Gasteiger partial charge in [-0.05, 0) is 18.1 Å².